The molecule has 4 rings (SSSR count). The first kappa shape index (κ1) is 26.6. The number of barbiturate groups is 1. The van der Waals surface area contributed by atoms with Gasteiger partial charge in [0.15, 0.2) is 6.61 Å². The molecule has 0 atom stereocenters. The third kappa shape index (κ3) is 6.10. The minimum atomic E-state index is -0.887. The first-order chi connectivity index (χ1) is 17.6. The zero-order valence-electron chi connectivity index (χ0n) is 19.2. The van der Waals surface area contributed by atoms with Gasteiger partial charge >= 0.3 is 6.03 Å². The first-order valence-corrected chi connectivity index (χ1v) is 12.7. The standard InChI is InChI=1S/C26H18Br2ClN3O5/c1-14-7-8-17(29)12-21(14)32-25(35)19(24(34)31-26(32)36)10-15-9-16(27)11-20(28)23(15)37-13-22(33)30-18-5-3-2-4-6-18/h2-12H,13H2,1H3,(H,30,33)(H,31,34,36)/b19-10+. The fraction of sp³-hybridized carbons (Fsp3) is 0.0769. The van der Waals surface area contributed by atoms with E-state index in [2.05, 4.69) is 42.5 Å². The molecular weight excluding hydrogens is 630 g/mol. The van der Waals surface area contributed by atoms with Gasteiger partial charge in [0, 0.05) is 20.7 Å². The maximum Gasteiger partial charge on any atom is 0.335 e. The molecular formula is C26H18Br2ClN3O5. The Labute approximate surface area is 233 Å². The number of halogens is 3. The lowest BCUT2D eigenvalue weighted by atomic mass is 10.0. The number of urea groups is 1. The monoisotopic (exact) mass is 645 g/mol. The molecule has 2 N–H and O–H groups in total. The number of hydrogen-bond donors (Lipinski definition) is 2. The van der Waals surface area contributed by atoms with Gasteiger partial charge in [-0.25, -0.2) is 9.69 Å². The van der Waals surface area contributed by atoms with E-state index >= 15 is 0 Å². The number of hydrogen-bond acceptors (Lipinski definition) is 5. The number of para-hydroxylation sites is 1. The molecule has 0 bridgehead atoms. The summed E-state index contributed by atoms with van der Waals surface area (Å²) < 4.78 is 6.87. The number of rotatable bonds is 6. The van der Waals surface area contributed by atoms with Crippen LogP contribution in [0.2, 0.25) is 5.02 Å². The molecule has 5 amide bonds. The Bertz CT molecular complexity index is 1460. The fourth-order valence-electron chi connectivity index (χ4n) is 3.55. The SMILES string of the molecule is Cc1ccc(Cl)cc1N1C(=O)NC(=O)/C(=C\c2cc(Br)cc(Br)c2OCC(=O)Nc2ccccc2)C1=O. The zero-order valence-corrected chi connectivity index (χ0v) is 23.1. The van der Waals surface area contributed by atoms with Crippen LogP contribution in [-0.4, -0.2) is 30.4 Å². The second-order valence-corrected chi connectivity index (χ2v) is 10.1. The van der Waals surface area contributed by atoms with Crippen molar-refractivity contribution in [3.63, 3.8) is 0 Å². The molecule has 3 aromatic rings. The maximum absolute atomic E-state index is 13.4. The summed E-state index contributed by atoms with van der Waals surface area (Å²) in [5.41, 5.74) is 1.49. The van der Waals surface area contributed by atoms with Crippen LogP contribution in [0.1, 0.15) is 11.1 Å². The number of benzene rings is 3. The van der Waals surface area contributed by atoms with Gasteiger partial charge in [0.05, 0.1) is 10.2 Å². The topological polar surface area (TPSA) is 105 Å². The highest BCUT2D eigenvalue weighted by Crippen LogP contribution is 2.35. The van der Waals surface area contributed by atoms with Gasteiger partial charge in [0.1, 0.15) is 11.3 Å². The summed E-state index contributed by atoms with van der Waals surface area (Å²) in [5.74, 6) is -1.88. The van der Waals surface area contributed by atoms with Crippen molar-refractivity contribution in [1.29, 1.82) is 0 Å². The van der Waals surface area contributed by atoms with Gasteiger partial charge in [-0.15, -0.1) is 0 Å². The molecule has 0 aliphatic carbocycles. The molecule has 1 saturated heterocycles. The Morgan fingerprint density at radius 1 is 1.08 bits per heavy atom. The van der Waals surface area contributed by atoms with Gasteiger partial charge in [0.2, 0.25) is 0 Å². The van der Waals surface area contributed by atoms with Crippen molar-refractivity contribution < 1.29 is 23.9 Å². The molecule has 0 saturated carbocycles. The van der Waals surface area contributed by atoms with E-state index in [0.717, 1.165) is 4.90 Å². The van der Waals surface area contributed by atoms with E-state index in [1.54, 1.807) is 55.5 Å². The Balaban J connectivity index is 1.66. The zero-order chi connectivity index (χ0) is 26.7. The van der Waals surface area contributed by atoms with E-state index in [0.29, 0.717) is 30.8 Å². The van der Waals surface area contributed by atoms with Gasteiger partial charge < -0.3 is 10.1 Å². The second-order valence-electron chi connectivity index (χ2n) is 7.90. The lowest BCUT2D eigenvalue weighted by Gasteiger charge is -2.27. The predicted molar refractivity (Wildman–Crippen MR) is 148 cm³/mol. The minimum absolute atomic E-state index is 0.224. The molecule has 1 aliphatic rings. The Morgan fingerprint density at radius 2 is 1.81 bits per heavy atom. The van der Waals surface area contributed by atoms with Crippen molar-refractivity contribution in [2.75, 3.05) is 16.8 Å². The van der Waals surface area contributed by atoms with Gasteiger partial charge in [-0.05, 0) is 70.9 Å². The number of imide groups is 2. The van der Waals surface area contributed by atoms with Crippen molar-refractivity contribution in [2.24, 2.45) is 0 Å². The van der Waals surface area contributed by atoms with Crippen LogP contribution < -0.4 is 20.3 Å². The highest BCUT2D eigenvalue weighted by molar-refractivity contribution is 9.11. The second kappa shape index (κ2) is 11.3. The van der Waals surface area contributed by atoms with Crippen molar-refractivity contribution in [3.8, 4) is 5.75 Å². The largest absolute Gasteiger partial charge is 0.482 e. The molecule has 0 spiro atoms. The molecule has 1 aliphatic heterocycles. The number of anilines is 2. The van der Waals surface area contributed by atoms with Gasteiger partial charge in [-0.2, -0.15) is 0 Å². The number of ether oxygens (including phenoxy) is 1. The van der Waals surface area contributed by atoms with E-state index in [-0.39, 0.29) is 23.6 Å². The predicted octanol–water partition coefficient (Wildman–Crippen LogP) is 5.86. The van der Waals surface area contributed by atoms with Gasteiger partial charge in [0.25, 0.3) is 17.7 Å². The number of carbonyl (C=O) groups excluding carboxylic acids is 4. The Kier molecular flexibility index (Phi) is 8.11. The van der Waals surface area contributed by atoms with Crippen LogP contribution in [0.15, 0.2) is 75.2 Å². The van der Waals surface area contributed by atoms with Gasteiger partial charge in [-0.1, -0.05) is 51.8 Å². The van der Waals surface area contributed by atoms with Crippen LogP contribution in [0, 0.1) is 6.92 Å². The van der Waals surface area contributed by atoms with Crippen LogP contribution in [-0.2, 0) is 14.4 Å². The molecule has 11 heteroatoms. The summed E-state index contributed by atoms with van der Waals surface area (Å²) in [7, 11) is 0. The molecule has 0 unspecified atom stereocenters. The van der Waals surface area contributed by atoms with E-state index in [9.17, 15) is 19.2 Å². The van der Waals surface area contributed by atoms with Crippen molar-refractivity contribution >= 4 is 84.7 Å². The average molecular weight is 648 g/mol. The van der Waals surface area contributed by atoms with Crippen LogP contribution in [0.25, 0.3) is 6.08 Å². The van der Waals surface area contributed by atoms with Crippen molar-refractivity contribution in [1.82, 2.24) is 5.32 Å². The van der Waals surface area contributed by atoms with Crippen LogP contribution in [0.5, 0.6) is 5.75 Å². The van der Waals surface area contributed by atoms with Crippen LogP contribution >= 0.6 is 43.5 Å². The normalized spacial score (nSPS) is 14.5. The van der Waals surface area contributed by atoms with Crippen molar-refractivity contribution in [3.05, 3.63) is 91.3 Å². The van der Waals surface area contributed by atoms with Crippen LogP contribution in [0.4, 0.5) is 16.2 Å². The number of nitrogens with one attached hydrogen (secondary N) is 2. The van der Waals surface area contributed by atoms with E-state index in [4.69, 9.17) is 16.3 Å². The summed E-state index contributed by atoms with van der Waals surface area (Å²) >= 11 is 12.9. The maximum atomic E-state index is 13.4. The number of aryl methyl sites for hydroxylation is 1. The highest BCUT2D eigenvalue weighted by atomic mass is 79.9. The molecule has 188 valence electrons. The Morgan fingerprint density at radius 3 is 2.54 bits per heavy atom. The smallest absolute Gasteiger partial charge is 0.335 e. The lowest BCUT2D eigenvalue weighted by molar-refractivity contribution is -0.122. The summed E-state index contributed by atoms with van der Waals surface area (Å²) in [6, 6.07) is 16.1. The van der Waals surface area contributed by atoms with E-state index in [1.165, 1.54) is 12.1 Å². The summed E-state index contributed by atoms with van der Waals surface area (Å²) in [5, 5.41) is 5.23. The summed E-state index contributed by atoms with van der Waals surface area (Å²) in [4.78, 5) is 51.9. The lowest BCUT2D eigenvalue weighted by Crippen LogP contribution is -2.54. The third-order valence-corrected chi connectivity index (χ3v) is 6.54. The van der Waals surface area contributed by atoms with E-state index in [1.807, 2.05) is 6.07 Å². The molecule has 1 heterocycles. The summed E-state index contributed by atoms with van der Waals surface area (Å²) in [6.07, 6.45) is 1.30. The molecule has 0 aromatic heterocycles. The number of amides is 5. The summed E-state index contributed by atoms with van der Waals surface area (Å²) in [6.45, 7) is 1.38. The molecule has 3 aromatic carbocycles. The number of carbonyl (C=O) groups is 4. The molecule has 1 fully saturated rings. The number of nitrogens with zero attached hydrogens (tertiary/aromatic N) is 1. The average Bonchev–Trinajstić information content (AvgIpc) is 2.83. The molecule has 8 nitrogen and oxygen atoms in total. The fourth-order valence-corrected chi connectivity index (χ4v) is 5.09. The molecule has 37 heavy (non-hydrogen) atoms. The molecule has 0 radical (unpaired) electrons. The third-order valence-electron chi connectivity index (χ3n) is 5.26. The quantitative estimate of drug-likeness (QED) is 0.258. The first-order valence-electron chi connectivity index (χ1n) is 10.8. The Hall–Kier alpha value is -3.47. The van der Waals surface area contributed by atoms with Gasteiger partial charge in [-0.3, -0.25) is 19.7 Å². The van der Waals surface area contributed by atoms with Crippen molar-refractivity contribution in [2.45, 2.75) is 6.92 Å². The van der Waals surface area contributed by atoms with Crippen LogP contribution in [0.3, 0.4) is 0 Å². The van der Waals surface area contributed by atoms with E-state index < -0.39 is 23.8 Å². The highest BCUT2D eigenvalue weighted by Gasteiger charge is 2.37. The minimum Gasteiger partial charge on any atom is -0.482 e.